The third kappa shape index (κ3) is 2.78. The fraction of sp³-hybridized carbons (Fsp3) is 0.133. The average molecular weight is 262 g/mol. The molecule has 0 aliphatic heterocycles. The molecule has 2 aromatic carbocycles. The molecule has 98 valence electrons. The predicted octanol–water partition coefficient (Wildman–Crippen LogP) is 4.27. The van der Waals surface area contributed by atoms with Crippen LogP contribution >= 0.6 is 0 Å². The highest BCUT2D eigenvalue weighted by Gasteiger charge is 2.13. The fourth-order valence-electron chi connectivity index (χ4n) is 1.68. The van der Waals surface area contributed by atoms with E-state index in [0.29, 0.717) is 5.56 Å². The van der Waals surface area contributed by atoms with Crippen LogP contribution in [0.3, 0.4) is 0 Å². The molecule has 0 aliphatic rings. The predicted molar refractivity (Wildman–Crippen MR) is 67.6 cm³/mol. The first kappa shape index (κ1) is 13.2. The van der Waals surface area contributed by atoms with Gasteiger partial charge < -0.3 is 4.74 Å². The highest BCUT2D eigenvalue weighted by Crippen LogP contribution is 2.29. The van der Waals surface area contributed by atoms with E-state index < -0.39 is 11.6 Å². The van der Waals surface area contributed by atoms with Crippen LogP contribution in [0.1, 0.15) is 22.8 Å². The third-order valence-corrected chi connectivity index (χ3v) is 2.70. The minimum absolute atomic E-state index is 0.00843. The zero-order valence-electron chi connectivity index (χ0n) is 10.5. The minimum Gasteiger partial charge on any atom is -0.454 e. The Labute approximate surface area is 109 Å². The van der Waals surface area contributed by atoms with Crippen LogP contribution in [0.2, 0.25) is 0 Å². The normalized spacial score (nSPS) is 10.3. The van der Waals surface area contributed by atoms with Crippen LogP contribution in [0.25, 0.3) is 0 Å². The van der Waals surface area contributed by atoms with Crippen molar-refractivity contribution in [1.82, 2.24) is 0 Å². The second-order valence-electron chi connectivity index (χ2n) is 4.19. The van der Waals surface area contributed by atoms with Crippen molar-refractivity contribution in [3.05, 3.63) is 59.2 Å². The van der Waals surface area contributed by atoms with Crippen molar-refractivity contribution in [1.29, 1.82) is 0 Å². The summed E-state index contributed by atoms with van der Waals surface area (Å²) in [6, 6.07) is 8.26. The summed E-state index contributed by atoms with van der Waals surface area (Å²) in [5.74, 6) is -1.24. The Morgan fingerprint density at radius 1 is 1.11 bits per heavy atom. The Bertz CT molecular complexity index is 636. The summed E-state index contributed by atoms with van der Waals surface area (Å²) >= 11 is 0. The molecule has 2 rings (SSSR count). The lowest BCUT2D eigenvalue weighted by Crippen LogP contribution is -1.99. The number of ether oxygens (including phenoxy) is 1. The number of aryl methyl sites for hydroxylation is 1. The molecule has 0 bridgehead atoms. The van der Waals surface area contributed by atoms with E-state index in [0.717, 1.165) is 12.1 Å². The zero-order valence-corrected chi connectivity index (χ0v) is 10.5. The molecule has 0 unspecified atom stereocenters. The lowest BCUT2D eigenvalue weighted by atomic mass is 10.1. The molecule has 4 heteroatoms. The second-order valence-corrected chi connectivity index (χ2v) is 4.19. The van der Waals surface area contributed by atoms with Crippen LogP contribution in [0, 0.1) is 18.6 Å². The molecule has 0 aromatic heterocycles. The third-order valence-electron chi connectivity index (χ3n) is 2.70. The molecule has 2 aromatic rings. The summed E-state index contributed by atoms with van der Waals surface area (Å²) in [5, 5.41) is 0. The fourth-order valence-corrected chi connectivity index (χ4v) is 1.68. The Balaban J connectivity index is 2.44. The van der Waals surface area contributed by atoms with Gasteiger partial charge in [0.05, 0.1) is 5.56 Å². The molecule has 2 nitrogen and oxygen atoms in total. The van der Waals surface area contributed by atoms with Crippen molar-refractivity contribution in [3.63, 3.8) is 0 Å². The van der Waals surface area contributed by atoms with Gasteiger partial charge in [-0.2, -0.15) is 0 Å². The molecule has 0 saturated heterocycles. The Morgan fingerprint density at radius 3 is 2.53 bits per heavy atom. The zero-order chi connectivity index (χ0) is 14.0. The SMILES string of the molecule is CC(=O)c1cc(F)ccc1Oc1cccc(C)c1F. The number of rotatable bonds is 3. The van der Waals surface area contributed by atoms with Crippen LogP contribution < -0.4 is 4.74 Å². The quantitative estimate of drug-likeness (QED) is 0.772. The summed E-state index contributed by atoms with van der Waals surface area (Å²) in [6.07, 6.45) is 0. The standard InChI is InChI=1S/C15H12F2O2/c1-9-4-3-5-14(15(9)17)19-13-7-6-11(16)8-12(13)10(2)18/h3-8H,1-2H3. The average Bonchev–Trinajstić information content (AvgIpc) is 2.36. The monoisotopic (exact) mass is 262 g/mol. The van der Waals surface area contributed by atoms with Gasteiger partial charge in [0.15, 0.2) is 17.3 Å². The molecule has 0 radical (unpaired) electrons. The molecule has 0 spiro atoms. The van der Waals surface area contributed by atoms with Gasteiger partial charge in [-0.1, -0.05) is 12.1 Å². The van der Waals surface area contributed by atoms with Crippen molar-refractivity contribution in [2.75, 3.05) is 0 Å². The molecule has 19 heavy (non-hydrogen) atoms. The van der Waals surface area contributed by atoms with Gasteiger partial charge in [-0.25, -0.2) is 8.78 Å². The van der Waals surface area contributed by atoms with E-state index in [1.807, 2.05) is 0 Å². The van der Waals surface area contributed by atoms with E-state index in [1.165, 1.54) is 19.1 Å². The summed E-state index contributed by atoms with van der Waals surface area (Å²) in [5.41, 5.74) is 0.518. The molecule has 0 amide bonds. The molecular weight excluding hydrogens is 250 g/mol. The number of halogens is 2. The Morgan fingerprint density at radius 2 is 1.84 bits per heavy atom. The van der Waals surface area contributed by atoms with Gasteiger partial charge in [0.2, 0.25) is 0 Å². The van der Waals surface area contributed by atoms with E-state index in [1.54, 1.807) is 19.1 Å². The molecule has 0 atom stereocenters. The Hall–Kier alpha value is -2.23. The summed E-state index contributed by atoms with van der Waals surface area (Å²) < 4.78 is 32.3. The summed E-state index contributed by atoms with van der Waals surface area (Å²) in [7, 11) is 0. The molecule has 0 heterocycles. The largest absolute Gasteiger partial charge is 0.454 e. The van der Waals surface area contributed by atoms with Gasteiger partial charge >= 0.3 is 0 Å². The van der Waals surface area contributed by atoms with Crippen molar-refractivity contribution in [2.24, 2.45) is 0 Å². The van der Waals surface area contributed by atoms with E-state index in [-0.39, 0.29) is 22.8 Å². The van der Waals surface area contributed by atoms with Crippen molar-refractivity contribution in [2.45, 2.75) is 13.8 Å². The summed E-state index contributed by atoms with van der Waals surface area (Å²) in [6.45, 7) is 2.91. The maximum Gasteiger partial charge on any atom is 0.168 e. The molecule has 0 fully saturated rings. The van der Waals surface area contributed by atoms with E-state index in [9.17, 15) is 13.6 Å². The number of carbonyl (C=O) groups is 1. The smallest absolute Gasteiger partial charge is 0.168 e. The van der Waals surface area contributed by atoms with Crippen molar-refractivity contribution < 1.29 is 18.3 Å². The van der Waals surface area contributed by atoms with Crippen LogP contribution in [0.15, 0.2) is 36.4 Å². The van der Waals surface area contributed by atoms with Gasteiger partial charge in [-0.15, -0.1) is 0 Å². The number of ketones is 1. The first-order valence-corrected chi connectivity index (χ1v) is 5.72. The highest BCUT2D eigenvalue weighted by atomic mass is 19.1. The van der Waals surface area contributed by atoms with Crippen LogP contribution in [0.5, 0.6) is 11.5 Å². The maximum atomic E-state index is 13.8. The van der Waals surface area contributed by atoms with E-state index in [2.05, 4.69) is 0 Å². The van der Waals surface area contributed by atoms with Gasteiger partial charge in [-0.05, 0) is 43.7 Å². The molecular formula is C15H12F2O2. The maximum absolute atomic E-state index is 13.8. The molecule has 0 N–H and O–H groups in total. The Kier molecular flexibility index (Phi) is 3.60. The van der Waals surface area contributed by atoms with Crippen molar-refractivity contribution >= 4 is 5.78 Å². The number of hydrogen-bond donors (Lipinski definition) is 0. The summed E-state index contributed by atoms with van der Waals surface area (Å²) in [4.78, 5) is 11.4. The first-order valence-electron chi connectivity index (χ1n) is 5.72. The second kappa shape index (κ2) is 5.18. The number of hydrogen-bond acceptors (Lipinski definition) is 2. The number of Topliss-reactive ketones (excluding diaryl/α,β-unsaturated/α-hetero) is 1. The highest BCUT2D eigenvalue weighted by molar-refractivity contribution is 5.96. The van der Waals surface area contributed by atoms with Gasteiger partial charge in [0.25, 0.3) is 0 Å². The van der Waals surface area contributed by atoms with Gasteiger partial charge in [0.1, 0.15) is 11.6 Å². The molecule has 0 saturated carbocycles. The first-order chi connectivity index (χ1) is 8.99. The van der Waals surface area contributed by atoms with Crippen LogP contribution in [-0.2, 0) is 0 Å². The van der Waals surface area contributed by atoms with Crippen molar-refractivity contribution in [3.8, 4) is 11.5 Å². The topological polar surface area (TPSA) is 26.3 Å². The minimum atomic E-state index is -0.540. The van der Waals surface area contributed by atoms with Crippen LogP contribution in [0.4, 0.5) is 8.78 Å². The van der Waals surface area contributed by atoms with E-state index in [4.69, 9.17) is 4.74 Å². The van der Waals surface area contributed by atoms with Crippen LogP contribution in [-0.4, -0.2) is 5.78 Å². The van der Waals surface area contributed by atoms with Gasteiger partial charge in [-0.3, -0.25) is 4.79 Å². The number of carbonyl (C=O) groups excluding carboxylic acids is 1. The lowest BCUT2D eigenvalue weighted by molar-refractivity contribution is 0.101. The van der Waals surface area contributed by atoms with Gasteiger partial charge in [0, 0.05) is 0 Å². The lowest BCUT2D eigenvalue weighted by Gasteiger charge is -2.11. The van der Waals surface area contributed by atoms with E-state index >= 15 is 0 Å². The molecule has 0 aliphatic carbocycles. The number of benzene rings is 2.